The normalized spacial score (nSPS) is 16.1. The standard InChI is InChI=1S/C30H23BrN2O/c1-19(20-9-3-2-4-10-20)33-29(23-11-5-6-12-24(23)30(33)34)27-25-13-7-8-14-26(25)32-28(27)21-15-17-22(31)18-16-21/h2-19,29,32H,1H3/t19-,29+/m1/s1. The number of benzene rings is 4. The van der Waals surface area contributed by atoms with Crippen molar-refractivity contribution >= 4 is 32.7 Å². The van der Waals surface area contributed by atoms with Gasteiger partial charge in [0.25, 0.3) is 5.91 Å². The number of fused-ring (bicyclic) bond motifs is 2. The summed E-state index contributed by atoms with van der Waals surface area (Å²) in [5.74, 6) is 0.0731. The van der Waals surface area contributed by atoms with E-state index in [1.165, 1.54) is 0 Å². The van der Waals surface area contributed by atoms with Crippen LogP contribution in [0, 0.1) is 0 Å². The summed E-state index contributed by atoms with van der Waals surface area (Å²) >= 11 is 3.56. The quantitative estimate of drug-likeness (QED) is 0.264. The molecule has 2 atom stereocenters. The molecule has 0 bridgehead atoms. The Morgan fingerprint density at radius 1 is 0.824 bits per heavy atom. The number of aromatic amines is 1. The van der Waals surface area contributed by atoms with Crippen molar-refractivity contribution in [1.82, 2.24) is 9.88 Å². The molecule has 0 saturated heterocycles. The number of halogens is 1. The number of nitrogens with one attached hydrogen (secondary N) is 1. The number of hydrogen-bond donors (Lipinski definition) is 1. The van der Waals surface area contributed by atoms with Gasteiger partial charge in [-0.1, -0.05) is 94.8 Å². The van der Waals surface area contributed by atoms with Gasteiger partial charge in [0, 0.05) is 26.5 Å². The number of aromatic nitrogens is 1. The molecule has 4 heteroatoms. The Bertz CT molecular complexity index is 1500. The second-order valence-electron chi connectivity index (χ2n) is 8.76. The van der Waals surface area contributed by atoms with E-state index in [1.54, 1.807) is 0 Å². The largest absolute Gasteiger partial charge is 0.354 e. The van der Waals surface area contributed by atoms with E-state index >= 15 is 0 Å². The molecular formula is C30H23BrN2O. The SMILES string of the molecule is C[C@H](c1ccccc1)N1C(=O)c2ccccc2[C@H]1c1c(-c2ccc(Br)cc2)[nH]c2ccccc12. The van der Waals surface area contributed by atoms with Crippen molar-refractivity contribution < 1.29 is 4.79 Å². The lowest BCUT2D eigenvalue weighted by Gasteiger charge is -2.32. The Balaban J connectivity index is 1.62. The van der Waals surface area contributed by atoms with Gasteiger partial charge in [-0.25, -0.2) is 0 Å². The highest BCUT2D eigenvalue weighted by Gasteiger charge is 2.42. The third-order valence-electron chi connectivity index (χ3n) is 6.85. The van der Waals surface area contributed by atoms with Gasteiger partial charge in [-0.3, -0.25) is 4.79 Å². The van der Waals surface area contributed by atoms with E-state index < -0.39 is 0 Å². The van der Waals surface area contributed by atoms with Crippen LogP contribution in [-0.2, 0) is 0 Å². The van der Waals surface area contributed by atoms with Crippen molar-refractivity contribution in [2.75, 3.05) is 0 Å². The summed E-state index contributed by atoms with van der Waals surface area (Å²) in [5.41, 5.74) is 7.31. The van der Waals surface area contributed by atoms with Crippen LogP contribution in [0.1, 0.15) is 46.1 Å². The predicted octanol–water partition coefficient (Wildman–Crippen LogP) is 7.90. The number of hydrogen-bond acceptors (Lipinski definition) is 1. The van der Waals surface area contributed by atoms with Crippen LogP contribution in [0.25, 0.3) is 22.2 Å². The minimum absolute atomic E-state index is 0.0731. The molecule has 0 saturated carbocycles. The third kappa shape index (κ3) is 3.29. The van der Waals surface area contributed by atoms with Gasteiger partial charge < -0.3 is 9.88 Å². The van der Waals surface area contributed by atoms with Gasteiger partial charge in [0.2, 0.25) is 0 Å². The van der Waals surface area contributed by atoms with E-state index in [9.17, 15) is 4.79 Å². The Morgan fingerprint density at radius 2 is 1.50 bits per heavy atom. The zero-order chi connectivity index (χ0) is 23.2. The first-order valence-corrected chi connectivity index (χ1v) is 12.3. The van der Waals surface area contributed by atoms with E-state index in [1.807, 2.05) is 42.5 Å². The number of carbonyl (C=O) groups is 1. The molecule has 1 aliphatic rings. The fraction of sp³-hybridized carbons (Fsp3) is 0.100. The van der Waals surface area contributed by atoms with Crippen LogP contribution < -0.4 is 0 Å². The van der Waals surface area contributed by atoms with Crippen molar-refractivity contribution in [3.05, 3.63) is 130 Å². The Kier molecular flexibility index (Phi) is 5.11. The van der Waals surface area contributed by atoms with Gasteiger partial charge in [-0.15, -0.1) is 0 Å². The van der Waals surface area contributed by atoms with Crippen molar-refractivity contribution in [1.29, 1.82) is 0 Å². The maximum absolute atomic E-state index is 13.9. The van der Waals surface area contributed by atoms with E-state index in [0.717, 1.165) is 48.9 Å². The van der Waals surface area contributed by atoms with Crippen molar-refractivity contribution in [3.63, 3.8) is 0 Å². The topological polar surface area (TPSA) is 36.1 Å². The van der Waals surface area contributed by atoms with Gasteiger partial charge in [0.15, 0.2) is 0 Å². The summed E-state index contributed by atoms with van der Waals surface area (Å²) in [6, 6.07) is 34.8. The van der Waals surface area contributed by atoms with Crippen LogP contribution in [0.3, 0.4) is 0 Å². The van der Waals surface area contributed by atoms with Gasteiger partial charge in [0.05, 0.1) is 17.8 Å². The Morgan fingerprint density at radius 3 is 2.29 bits per heavy atom. The molecule has 5 aromatic rings. The molecule has 3 nitrogen and oxygen atoms in total. The summed E-state index contributed by atoms with van der Waals surface area (Å²) < 4.78 is 1.04. The molecule has 1 aliphatic heterocycles. The van der Waals surface area contributed by atoms with Gasteiger partial charge in [0.1, 0.15) is 0 Å². The third-order valence-corrected chi connectivity index (χ3v) is 7.38. The molecule has 0 radical (unpaired) electrons. The first-order chi connectivity index (χ1) is 16.6. The second-order valence-corrected chi connectivity index (χ2v) is 9.67. The Hall–Kier alpha value is -3.63. The van der Waals surface area contributed by atoms with E-state index in [2.05, 4.69) is 93.4 Å². The van der Waals surface area contributed by atoms with Crippen molar-refractivity contribution in [3.8, 4) is 11.3 Å². The van der Waals surface area contributed by atoms with Crippen LogP contribution in [-0.4, -0.2) is 15.8 Å². The number of amides is 1. The van der Waals surface area contributed by atoms with Crippen LogP contribution >= 0.6 is 15.9 Å². The summed E-state index contributed by atoms with van der Waals surface area (Å²) in [6.45, 7) is 2.13. The van der Waals surface area contributed by atoms with Gasteiger partial charge >= 0.3 is 0 Å². The second kappa shape index (κ2) is 8.30. The number of H-pyrrole nitrogens is 1. The number of rotatable bonds is 4. The highest BCUT2D eigenvalue weighted by atomic mass is 79.9. The zero-order valence-electron chi connectivity index (χ0n) is 18.7. The molecule has 1 amide bonds. The lowest BCUT2D eigenvalue weighted by Crippen LogP contribution is -2.31. The number of carbonyl (C=O) groups excluding carboxylic acids is 1. The minimum Gasteiger partial charge on any atom is -0.354 e. The van der Waals surface area contributed by atoms with Gasteiger partial charge in [-0.05, 0) is 47.9 Å². The molecule has 0 fully saturated rings. The molecule has 4 aromatic carbocycles. The highest BCUT2D eigenvalue weighted by Crippen LogP contribution is 2.48. The monoisotopic (exact) mass is 506 g/mol. The van der Waals surface area contributed by atoms with Crippen LogP contribution in [0.15, 0.2) is 108 Å². The predicted molar refractivity (Wildman–Crippen MR) is 141 cm³/mol. The molecule has 1 aromatic heterocycles. The molecule has 0 aliphatic carbocycles. The molecule has 0 spiro atoms. The zero-order valence-corrected chi connectivity index (χ0v) is 20.3. The maximum atomic E-state index is 13.9. The summed E-state index contributed by atoms with van der Waals surface area (Å²) in [6.07, 6.45) is 0. The fourth-order valence-electron chi connectivity index (χ4n) is 5.21. The minimum atomic E-state index is -0.200. The number of para-hydroxylation sites is 1. The fourth-order valence-corrected chi connectivity index (χ4v) is 5.48. The molecule has 2 heterocycles. The Labute approximate surface area is 207 Å². The highest BCUT2D eigenvalue weighted by molar-refractivity contribution is 9.10. The van der Waals surface area contributed by atoms with E-state index in [-0.39, 0.29) is 18.0 Å². The number of nitrogens with zero attached hydrogens (tertiary/aromatic N) is 1. The first-order valence-electron chi connectivity index (χ1n) is 11.5. The molecule has 166 valence electrons. The van der Waals surface area contributed by atoms with Crippen LogP contribution in [0.4, 0.5) is 0 Å². The molecule has 34 heavy (non-hydrogen) atoms. The molecular weight excluding hydrogens is 484 g/mol. The van der Waals surface area contributed by atoms with Crippen LogP contribution in [0.2, 0.25) is 0 Å². The molecule has 6 rings (SSSR count). The summed E-state index contributed by atoms with van der Waals surface area (Å²) in [5, 5.41) is 1.14. The maximum Gasteiger partial charge on any atom is 0.255 e. The van der Waals surface area contributed by atoms with E-state index in [4.69, 9.17) is 0 Å². The molecule has 1 N–H and O–H groups in total. The lowest BCUT2D eigenvalue weighted by molar-refractivity contribution is 0.0678. The summed E-state index contributed by atoms with van der Waals surface area (Å²) in [4.78, 5) is 19.6. The van der Waals surface area contributed by atoms with Gasteiger partial charge in [-0.2, -0.15) is 0 Å². The van der Waals surface area contributed by atoms with Crippen molar-refractivity contribution in [2.45, 2.75) is 19.0 Å². The lowest BCUT2D eigenvalue weighted by atomic mass is 9.92. The molecule has 0 unspecified atom stereocenters. The average molecular weight is 507 g/mol. The van der Waals surface area contributed by atoms with Crippen LogP contribution in [0.5, 0.6) is 0 Å². The summed E-state index contributed by atoms with van der Waals surface area (Å²) in [7, 11) is 0. The smallest absolute Gasteiger partial charge is 0.255 e. The van der Waals surface area contributed by atoms with E-state index in [0.29, 0.717) is 0 Å². The first kappa shape index (κ1) is 20.9. The van der Waals surface area contributed by atoms with Crippen molar-refractivity contribution in [2.24, 2.45) is 0 Å². The average Bonchev–Trinajstić information content (AvgIpc) is 3.40.